The molecule has 0 amide bonds. The summed E-state index contributed by atoms with van der Waals surface area (Å²) in [4.78, 5) is 24.2. The highest BCUT2D eigenvalue weighted by molar-refractivity contribution is 6.12. The minimum Gasteiger partial charge on any atom is -0.493 e. The van der Waals surface area contributed by atoms with E-state index in [4.69, 9.17) is 18.3 Å². The van der Waals surface area contributed by atoms with Crippen molar-refractivity contribution in [1.29, 1.82) is 5.26 Å². The molecule has 0 saturated carbocycles. The Hall–Kier alpha value is -4.05. The molecule has 0 fully saturated rings. The highest BCUT2D eigenvalue weighted by Crippen LogP contribution is 2.30. The lowest BCUT2D eigenvalue weighted by molar-refractivity contribution is 0.0696. The predicted octanol–water partition coefficient (Wildman–Crippen LogP) is 3.89. The van der Waals surface area contributed by atoms with Gasteiger partial charge >= 0.3 is 5.97 Å². The number of esters is 1. The summed E-state index contributed by atoms with van der Waals surface area (Å²) < 4.78 is 20.5. The number of nitriles is 1. The molecule has 3 rings (SSSR count). The summed E-state index contributed by atoms with van der Waals surface area (Å²) in [7, 11) is 1.41. The molecule has 0 aliphatic rings. The summed E-state index contributed by atoms with van der Waals surface area (Å²) in [6.45, 7) is 0. The van der Waals surface area contributed by atoms with Crippen LogP contribution < -0.4 is 9.47 Å². The largest absolute Gasteiger partial charge is 0.493 e. The second-order valence-corrected chi connectivity index (χ2v) is 5.25. The van der Waals surface area contributed by atoms with E-state index in [1.165, 1.54) is 50.0 Å². The number of ketones is 1. The van der Waals surface area contributed by atoms with Gasteiger partial charge in [0.05, 0.1) is 19.6 Å². The van der Waals surface area contributed by atoms with Crippen LogP contribution in [-0.4, -0.2) is 18.9 Å². The molecule has 7 heteroatoms. The molecule has 0 unspecified atom stereocenters. The van der Waals surface area contributed by atoms with Gasteiger partial charge in [-0.15, -0.1) is 0 Å². The van der Waals surface area contributed by atoms with Crippen LogP contribution >= 0.6 is 0 Å². The number of allylic oxidation sites excluding steroid dienone is 1. The van der Waals surface area contributed by atoms with Gasteiger partial charge in [0, 0.05) is 0 Å². The van der Waals surface area contributed by atoms with Crippen molar-refractivity contribution in [3.63, 3.8) is 0 Å². The number of ether oxygens (including phenoxy) is 2. The van der Waals surface area contributed by atoms with E-state index in [1.54, 1.807) is 18.2 Å². The quantitative estimate of drug-likeness (QED) is 0.215. The first-order valence-corrected chi connectivity index (χ1v) is 7.76. The lowest BCUT2D eigenvalue weighted by atomic mass is 10.1. The maximum Gasteiger partial charge on any atom is 0.379 e. The van der Waals surface area contributed by atoms with E-state index >= 15 is 0 Å². The molecule has 2 heterocycles. The molecule has 0 atom stereocenters. The number of nitrogens with zero attached hydrogens (tertiary/aromatic N) is 1. The van der Waals surface area contributed by atoms with Crippen LogP contribution in [0.5, 0.6) is 11.5 Å². The van der Waals surface area contributed by atoms with E-state index in [9.17, 15) is 14.9 Å². The van der Waals surface area contributed by atoms with Crippen molar-refractivity contribution < 1.29 is 27.9 Å². The van der Waals surface area contributed by atoms with Crippen LogP contribution in [0.15, 0.2) is 69.4 Å². The molecule has 0 radical (unpaired) electrons. The Morgan fingerprint density at radius 2 is 1.74 bits per heavy atom. The fourth-order valence-corrected chi connectivity index (χ4v) is 2.26. The third-order valence-electron chi connectivity index (χ3n) is 3.53. The Kier molecular flexibility index (Phi) is 5.19. The number of Topliss-reactive ketones (excluding diaryl/α,β-unsaturated/α-hetero) is 1. The topological polar surface area (TPSA) is 103 Å². The number of carbonyl (C=O) groups excluding carboxylic acids is 2. The number of hydrogen-bond acceptors (Lipinski definition) is 7. The molecule has 0 aliphatic carbocycles. The zero-order valence-corrected chi connectivity index (χ0v) is 14.2. The maximum atomic E-state index is 12.2. The van der Waals surface area contributed by atoms with Crippen LogP contribution in [0.25, 0.3) is 6.08 Å². The molecule has 3 aromatic rings. The van der Waals surface area contributed by atoms with E-state index < -0.39 is 11.8 Å². The van der Waals surface area contributed by atoms with Gasteiger partial charge in [-0.25, -0.2) is 4.79 Å². The van der Waals surface area contributed by atoms with Gasteiger partial charge in [-0.05, 0) is 48.0 Å². The van der Waals surface area contributed by atoms with Gasteiger partial charge in [-0.1, -0.05) is 6.07 Å². The molecule has 0 aliphatic heterocycles. The first kappa shape index (κ1) is 17.8. The fourth-order valence-electron chi connectivity index (χ4n) is 2.26. The lowest BCUT2D eigenvalue weighted by Gasteiger charge is -2.09. The first-order valence-electron chi connectivity index (χ1n) is 7.76. The fraction of sp³-hybridized carbons (Fsp3) is 0.0500. The van der Waals surface area contributed by atoms with Gasteiger partial charge in [0.15, 0.2) is 17.3 Å². The van der Waals surface area contributed by atoms with E-state index in [0.717, 1.165) is 0 Å². The highest BCUT2D eigenvalue weighted by Gasteiger charge is 2.17. The standard InChI is InChI=1S/C20H13NO6/c1-24-18-11-13(10-14(12-21)19(22)16-4-2-8-25-16)6-7-15(18)27-20(23)17-5-3-9-26-17/h2-11H,1H3/b14-10+. The summed E-state index contributed by atoms with van der Waals surface area (Å²) in [5.41, 5.74) is 0.411. The van der Waals surface area contributed by atoms with Gasteiger partial charge in [-0.2, -0.15) is 5.26 Å². The Balaban J connectivity index is 1.86. The van der Waals surface area contributed by atoms with Crippen molar-refractivity contribution in [2.75, 3.05) is 7.11 Å². The highest BCUT2D eigenvalue weighted by atomic mass is 16.6. The van der Waals surface area contributed by atoms with Crippen molar-refractivity contribution in [2.24, 2.45) is 0 Å². The Morgan fingerprint density at radius 1 is 1.04 bits per heavy atom. The van der Waals surface area contributed by atoms with Crippen molar-refractivity contribution >= 4 is 17.8 Å². The molecule has 0 spiro atoms. The van der Waals surface area contributed by atoms with E-state index in [2.05, 4.69) is 0 Å². The third-order valence-corrected chi connectivity index (χ3v) is 3.53. The van der Waals surface area contributed by atoms with Crippen LogP contribution in [0.3, 0.4) is 0 Å². The summed E-state index contributed by atoms with van der Waals surface area (Å²) in [6.07, 6.45) is 4.11. The van der Waals surface area contributed by atoms with Gasteiger partial charge in [0.1, 0.15) is 11.6 Å². The number of methoxy groups -OCH3 is 1. The third kappa shape index (κ3) is 3.96. The van der Waals surface area contributed by atoms with Crippen molar-refractivity contribution in [3.05, 3.63) is 77.6 Å². The second kappa shape index (κ2) is 7.89. The number of hydrogen-bond donors (Lipinski definition) is 0. The number of benzene rings is 1. The van der Waals surface area contributed by atoms with Gasteiger partial charge in [0.2, 0.25) is 11.5 Å². The lowest BCUT2D eigenvalue weighted by Crippen LogP contribution is -2.08. The van der Waals surface area contributed by atoms with E-state index in [1.807, 2.05) is 6.07 Å². The SMILES string of the molecule is COc1cc(/C=C(\C#N)C(=O)c2ccco2)ccc1OC(=O)c1ccco1. The summed E-state index contributed by atoms with van der Waals surface area (Å²) in [5.74, 6) is -0.656. The van der Waals surface area contributed by atoms with E-state index in [0.29, 0.717) is 5.56 Å². The van der Waals surface area contributed by atoms with Crippen molar-refractivity contribution in [3.8, 4) is 17.6 Å². The Morgan fingerprint density at radius 3 is 2.33 bits per heavy atom. The molecule has 2 aromatic heterocycles. The molecule has 134 valence electrons. The molecule has 0 saturated heterocycles. The molecular weight excluding hydrogens is 350 g/mol. The zero-order valence-electron chi connectivity index (χ0n) is 14.2. The smallest absolute Gasteiger partial charge is 0.379 e. The summed E-state index contributed by atoms with van der Waals surface area (Å²) >= 11 is 0. The van der Waals surface area contributed by atoms with E-state index in [-0.39, 0.29) is 28.6 Å². The average Bonchev–Trinajstić information content (AvgIpc) is 3.40. The predicted molar refractivity (Wildman–Crippen MR) is 93.3 cm³/mol. The normalized spacial score (nSPS) is 10.9. The first-order chi connectivity index (χ1) is 13.1. The average molecular weight is 363 g/mol. The van der Waals surface area contributed by atoms with Crippen LogP contribution in [-0.2, 0) is 0 Å². The van der Waals surface area contributed by atoms with Crippen molar-refractivity contribution in [2.45, 2.75) is 0 Å². The summed E-state index contributed by atoms with van der Waals surface area (Å²) in [6, 6.07) is 12.6. The molecule has 0 N–H and O–H groups in total. The second-order valence-electron chi connectivity index (χ2n) is 5.25. The molecule has 27 heavy (non-hydrogen) atoms. The molecule has 7 nitrogen and oxygen atoms in total. The number of furan rings is 2. The zero-order chi connectivity index (χ0) is 19.2. The van der Waals surface area contributed by atoms with Crippen LogP contribution in [0, 0.1) is 11.3 Å². The molecular formula is C20H13NO6. The Labute approximate surface area is 154 Å². The molecule has 0 bridgehead atoms. The van der Waals surface area contributed by atoms with Crippen LogP contribution in [0.4, 0.5) is 0 Å². The number of carbonyl (C=O) groups is 2. The van der Waals surface area contributed by atoms with Crippen LogP contribution in [0.1, 0.15) is 26.7 Å². The minimum atomic E-state index is -0.674. The monoisotopic (exact) mass is 363 g/mol. The van der Waals surface area contributed by atoms with Gasteiger partial charge in [0.25, 0.3) is 0 Å². The van der Waals surface area contributed by atoms with Crippen molar-refractivity contribution in [1.82, 2.24) is 0 Å². The number of rotatable bonds is 6. The van der Waals surface area contributed by atoms with Crippen LogP contribution in [0.2, 0.25) is 0 Å². The summed E-state index contributed by atoms with van der Waals surface area (Å²) in [5, 5.41) is 9.27. The van der Waals surface area contributed by atoms with Gasteiger partial charge < -0.3 is 18.3 Å². The maximum absolute atomic E-state index is 12.2. The molecule has 1 aromatic carbocycles. The Bertz CT molecular complexity index is 1020. The minimum absolute atomic E-state index is 0.0526. The van der Waals surface area contributed by atoms with Gasteiger partial charge in [-0.3, -0.25) is 4.79 Å².